The summed E-state index contributed by atoms with van der Waals surface area (Å²) in [5, 5.41) is 8.75. The van der Waals surface area contributed by atoms with E-state index in [1.54, 1.807) is 42.5 Å². The Balaban J connectivity index is 0.00000320. The second kappa shape index (κ2) is 11.4. The minimum Gasteiger partial charge on any atom is -0.493 e. The first kappa shape index (κ1) is 23.5. The van der Waals surface area contributed by atoms with Crippen LogP contribution >= 0.6 is 12.4 Å². The van der Waals surface area contributed by atoms with Gasteiger partial charge in [0.15, 0.2) is 18.1 Å². The molecule has 2 aromatic carbocycles. The van der Waals surface area contributed by atoms with E-state index in [1.807, 2.05) is 13.0 Å². The van der Waals surface area contributed by atoms with Crippen molar-refractivity contribution < 1.29 is 23.8 Å². The van der Waals surface area contributed by atoms with E-state index in [0.717, 1.165) is 0 Å². The minimum atomic E-state index is -0.420. The number of hydrogen-bond acceptors (Lipinski definition) is 6. The third-order valence-electron chi connectivity index (χ3n) is 4.44. The van der Waals surface area contributed by atoms with Crippen molar-refractivity contribution in [3.8, 4) is 11.5 Å². The molecule has 0 aromatic heterocycles. The number of halogens is 1. The number of para-hydroxylation sites is 2. The maximum absolute atomic E-state index is 12.5. The van der Waals surface area contributed by atoms with Gasteiger partial charge in [-0.15, -0.1) is 12.4 Å². The number of carbonyl (C=O) groups excluding carboxylic acids is 2. The van der Waals surface area contributed by atoms with E-state index in [4.69, 9.17) is 14.2 Å². The number of amides is 2. The quantitative estimate of drug-likeness (QED) is 0.618. The van der Waals surface area contributed by atoms with Crippen molar-refractivity contribution >= 4 is 35.6 Å². The zero-order valence-electron chi connectivity index (χ0n) is 16.8. The molecule has 0 radical (unpaired) electrons. The molecule has 1 saturated heterocycles. The molecule has 162 valence electrons. The zero-order chi connectivity index (χ0) is 20.6. The van der Waals surface area contributed by atoms with Crippen molar-refractivity contribution in [1.29, 1.82) is 0 Å². The van der Waals surface area contributed by atoms with Crippen molar-refractivity contribution in [3.63, 3.8) is 0 Å². The van der Waals surface area contributed by atoms with Crippen molar-refractivity contribution in [2.45, 2.75) is 19.1 Å². The van der Waals surface area contributed by atoms with E-state index in [0.29, 0.717) is 36.0 Å². The summed E-state index contributed by atoms with van der Waals surface area (Å²) in [6, 6.07) is 13.6. The maximum Gasteiger partial charge on any atom is 0.262 e. The van der Waals surface area contributed by atoms with Crippen LogP contribution in [0.25, 0.3) is 0 Å². The van der Waals surface area contributed by atoms with Crippen LogP contribution in [0.4, 0.5) is 11.4 Å². The van der Waals surface area contributed by atoms with E-state index in [-0.39, 0.29) is 36.9 Å². The first-order chi connectivity index (χ1) is 14.1. The van der Waals surface area contributed by atoms with Crippen LogP contribution in [0.15, 0.2) is 48.5 Å². The standard InChI is InChI=1S/C21H25N3O5.ClH/c1-14-20(22-10-11-28-14)21(26)24-16-7-5-6-15(12-16)23-19(25)13-29-18-9-4-3-8-17(18)27-2;/h3-9,12,14,20,22H,10-11,13H2,1-2H3,(H,23,25)(H,24,26);1H/t14-,20+;/m1./s1. The van der Waals surface area contributed by atoms with Gasteiger partial charge in [0.2, 0.25) is 5.91 Å². The van der Waals surface area contributed by atoms with E-state index < -0.39 is 6.04 Å². The summed E-state index contributed by atoms with van der Waals surface area (Å²) >= 11 is 0. The molecule has 1 aliphatic heterocycles. The molecule has 1 heterocycles. The fourth-order valence-corrected chi connectivity index (χ4v) is 3.00. The number of hydrogen-bond donors (Lipinski definition) is 3. The van der Waals surface area contributed by atoms with Crippen molar-refractivity contribution in [1.82, 2.24) is 5.32 Å². The molecule has 9 heteroatoms. The van der Waals surface area contributed by atoms with Crippen LogP contribution in [0.2, 0.25) is 0 Å². The predicted molar refractivity (Wildman–Crippen MR) is 117 cm³/mol. The van der Waals surface area contributed by atoms with Crippen molar-refractivity contribution in [3.05, 3.63) is 48.5 Å². The molecule has 0 unspecified atom stereocenters. The second-order valence-corrected chi connectivity index (χ2v) is 6.57. The molecule has 0 saturated carbocycles. The summed E-state index contributed by atoms with van der Waals surface area (Å²) in [7, 11) is 1.54. The Morgan fingerprint density at radius 1 is 1.10 bits per heavy atom. The van der Waals surface area contributed by atoms with Gasteiger partial charge in [-0.3, -0.25) is 9.59 Å². The fourth-order valence-electron chi connectivity index (χ4n) is 3.00. The second-order valence-electron chi connectivity index (χ2n) is 6.57. The lowest BCUT2D eigenvalue weighted by Gasteiger charge is -2.29. The number of nitrogens with one attached hydrogen (secondary N) is 3. The van der Waals surface area contributed by atoms with Gasteiger partial charge >= 0.3 is 0 Å². The Kier molecular flexibility index (Phi) is 8.91. The monoisotopic (exact) mass is 435 g/mol. The number of ether oxygens (including phenoxy) is 3. The Labute approximate surface area is 181 Å². The molecule has 1 fully saturated rings. The number of carbonyl (C=O) groups is 2. The average molecular weight is 436 g/mol. The molecule has 0 aliphatic carbocycles. The van der Waals surface area contributed by atoms with Crippen LogP contribution < -0.4 is 25.4 Å². The normalized spacial score (nSPS) is 17.9. The first-order valence-corrected chi connectivity index (χ1v) is 9.38. The van der Waals surface area contributed by atoms with Crippen LogP contribution in [0.3, 0.4) is 0 Å². The molecule has 3 N–H and O–H groups in total. The lowest BCUT2D eigenvalue weighted by molar-refractivity contribution is -0.123. The van der Waals surface area contributed by atoms with Crippen molar-refractivity contribution in [2.24, 2.45) is 0 Å². The van der Waals surface area contributed by atoms with Crippen LogP contribution in [-0.4, -0.2) is 50.8 Å². The SMILES string of the molecule is COc1ccccc1OCC(=O)Nc1cccc(NC(=O)[C@H]2NCCO[C@@H]2C)c1.Cl. The van der Waals surface area contributed by atoms with Crippen LogP contribution in [-0.2, 0) is 14.3 Å². The summed E-state index contributed by atoms with van der Waals surface area (Å²) in [5.74, 6) is 0.539. The van der Waals surface area contributed by atoms with Crippen molar-refractivity contribution in [2.75, 3.05) is 37.5 Å². The molecule has 1 aliphatic rings. The number of benzene rings is 2. The van der Waals surface area contributed by atoms with E-state index in [1.165, 1.54) is 7.11 Å². The third kappa shape index (κ3) is 6.35. The van der Waals surface area contributed by atoms with Gasteiger partial charge in [-0.1, -0.05) is 18.2 Å². The van der Waals surface area contributed by atoms with Gasteiger partial charge < -0.3 is 30.2 Å². The highest BCUT2D eigenvalue weighted by Gasteiger charge is 2.28. The largest absolute Gasteiger partial charge is 0.493 e. The molecular formula is C21H26ClN3O5. The van der Waals surface area contributed by atoms with Gasteiger partial charge in [-0.05, 0) is 37.3 Å². The number of methoxy groups -OCH3 is 1. The lowest BCUT2D eigenvalue weighted by Crippen LogP contribution is -2.53. The van der Waals surface area contributed by atoms with Crippen LogP contribution in [0.5, 0.6) is 11.5 Å². The lowest BCUT2D eigenvalue weighted by atomic mass is 10.1. The summed E-state index contributed by atoms with van der Waals surface area (Å²) in [5.41, 5.74) is 1.13. The van der Waals surface area contributed by atoms with Crippen LogP contribution in [0, 0.1) is 0 Å². The molecule has 0 spiro atoms. The van der Waals surface area contributed by atoms with E-state index in [2.05, 4.69) is 16.0 Å². The molecule has 2 atom stereocenters. The number of anilines is 2. The molecule has 30 heavy (non-hydrogen) atoms. The Morgan fingerprint density at radius 2 is 1.80 bits per heavy atom. The highest BCUT2D eigenvalue weighted by atomic mass is 35.5. The topological polar surface area (TPSA) is 97.9 Å². The summed E-state index contributed by atoms with van der Waals surface area (Å²) in [4.78, 5) is 24.7. The zero-order valence-corrected chi connectivity index (χ0v) is 17.7. The van der Waals surface area contributed by atoms with Crippen LogP contribution in [0.1, 0.15) is 6.92 Å². The maximum atomic E-state index is 12.5. The van der Waals surface area contributed by atoms with Gasteiger partial charge in [-0.25, -0.2) is 0 Å². The predicted octanol–water partition coefficient (Wildman–Crippen LogP) is 2.45. The third-order valence-corrected chi connectivity index (χ3v) is 4.44. The highest BCUT2D eigenvalue weighted by molar-refractivity contribution is 5.97. The molecule has 3 rings (SSSR count). The Bertz CT molecular complexity index is 864. The Morgan fingerprint density at radius 3 is 2.50 bits per heavy atom. The summed E-state index contributed by atoms with van der Waals surface area (Å²) < 4.78 is 16.2. The van der Waals surface area contributed by atoms with Gasteiger partial charge in [0, 0.05) is 17.9 Å². The molecule has 2 aromatic rings. The number of morpholine rings is 1. The smallest absolute Gasteiger partial charge is 0.262 e. The fraction of sp³-hybridized carbons (Fsp3) is 0.333. The molecule has 2 amide bonds. The molecule has 8 nitrogen and oxygen atoms in total. The van der Waals surface area contributed by atoms with E-state index >= 15 is 0 Å². The Hall–Kier alpha value is -2.81. The average Bonchev–Trinajstić information content (AvgIpc) is 2.73. The van der Waals surface area contributed by atoms with E-state index in [9.17, 15) is 9.59 Å². The van der Waals surface area contributed by atoms with Gasteiger partial charge in [-0.2, -0.15) is 0 Å². The molecular weight excluding hydrogens is 410 g/mol. The summed E-state index contributed by atoms with van der Waals surface area (Å²) in [6.07, 6.45) is -0.209. The number of rotatable bonds is 7. The van der Waals surface area contributed by atoms with Gasteiger partial charge in [0.05, 0.1) is 19.8 Å². The minimum absolute atomic E-state index is 0. The van der Waals surface area contributed by atoms with Gasteiger partial charge in [0.1, 0.15) is 6.04 Å². The summed E-state index contributed by atoms with van der Waals surface area (Å²) in [6.45, 7) is 2.90. The van der Waals surface area contributed by atoms with Gasteiger partial charge in [0.25, 0.3) is 5.91 Å². The first-order valence-electron chi connectivity index (χ1n) is 9.38. The highest BCUT2D eigenvalue weighted by Crippen LogP contribution is 2.25. The molecule has 0 bridgehead atoms.